The van der Waals surface area contributed by atoms with Crippen molar-refractivity contribution >= 4 is 5.91 Å². The summed E-state index contributed by atoms with van der Waals surface area (Å²) in [4.78, 5) is 14.1. The highest BCUT2D eigenvalue weighted by atomic mass is 16.5. The molecule has 0 atom stereocenters. The number of carbonyl (C=O) groups is 1. The van der Waals surface area contributed by atoms with E-state index in [-0.39, 0.29) is 12.5 Å². The number of rotatable bonds is 5. The minimum atomic E-state index is 0.0847. The van der Waals surface area contributed by atoms with E-state index in [9.17, 15) is 4.79 Å². The first-order valence-corrected chi connectivity index (χ1v) is 8.18. The highest BCUT2D eigenvalue weighted by Crippen LogP contribution is 2.21. The molecule has 3 nitrogen and oxygen atoms in total. The standard InChI is InChI=1S/C18H27NO2/c1-3-15-10-12-17(13-11-15)21-14-18(20)19(2)16-8-6-4-5-7-9-16/h10-13,16H,3-9,14H2,1-2H3. The van der Waals surface area contributed by atoms with Crippen molar-refractivity contribution in [2.24, 2.45) is 0 Å². The highest BCUT2D eigenvalue weighted by molar-refractivity contribution is 5.77. The molecule has 0 saturated heterocycles. The van der Waals surface area contributed by atoms with Crippen molar-refractivity contribution in [1.82, 2.24) is 4.90 Å². The predicted octanol–water partition coefficient (Wildman–Crippen LogP) is 3.81. The number of nitrogens with zero attached hydrogens (tertiary/aromatic N) is 1. The Kier molecular flexibility index (Phi) is 6.09. The van der Waals surface area contributed by atoms with Crippen LogP contribution in [-0.4, -0.2) is 30.5 Å². The molecule has 21 heavy (non-hydrogen) atoms. The molecule has 1 fully saturated rings. The van der Waals surface area contributed by atoms with Crippen LogP contribution in [0.4, 0.5) is 0 Å². The van der Waals surface area contributed by atoms with Gasteiger partial charge in [0, 0.05) is 13.1 Å². The van der Waals surface area contributed by atoms with Gasteiger partial charge in [0.1, 0.15) is 5.75 Å². The average Bonchev–Trinajstić information content (AvgIpc) is 2.81. The molecule has 0 aromatic heterocycles. The molecule has 2 rings (SSSR count). The molecule has 1 aromatic carbocycles. The van der Waals surface area contributed by atoms with Crippen molar-refractivity contribution in [3.8, 4) is 5.75 Å². The van der Waals surface area contributed by atoms with Crippen LogP contribution < -0.4 is 4.74 Å². The summed E-state index contributed by atoms with van der Waals surface area (Å²) in [6, 6.07) is 8.38. The number of hydrogen-bond acceptors (Lipinski definition) is 2. The lowest BCUT2D eigenvalue weighted by molar-refractivity contribution is -0.134. The Morgan fingerprint density at radius 3 is 2.33 bits per heavy atom. The zero-order valence-electron chi connectivity index (χ0n) is 13.3. The van der Waals surface area contributed by atoms with Gasteiger partial charge in [-0.1, -0.05) is 44.7 Å². The maximum atomic E-state index is 12.3. The van der Waals surface area contributed by atoms with Crippen LogP contribution in [0.3, 0.4) is 0 Å². The van der Waals surface area contributed by atoms with Gasteiger partial charge in [-0.3, -0.25) is 4.79 Å². The van der Waals surface area contributed by atoms with E-state index < -0.39 is 0 Å². The summed E-state index contributed by atoms with van der Waals surface area (Å²) in [5.41, 5.74) is 1.28. The van der Waals surface area contributed by atoms with E-state index in [4.69, 9.17) is 4.74 Å². The predicted molar refractivity (Wildman–Crippen MR) is 85.6 cm³/mol. The molecule has 0 heterocycles. The summed E-state index contributed by atoms with van der Waals surface area (Å²) in [7, 11) is 1.92. The van der Waals surface area contributed by atoms with Crippen molar-refractivity contribution in [1.29, 1.82) is 0 Å². The summed E-state index contributed by atoms with van der Waals surface area (Å²) in [5.74, 6) is 0.858. The van der Waals surface area contributed by atoms with Crippen molar-refractivity contribution in [2.75, 3.05) is 13.7 Å². The third-order valence-electron chi connectivity index (χ3n) is 4.46. The van der Waals surface area contributed by atoms with Gasteiger partial charge in [-0.25, -0.2) is 0 Å². The van der Waals surface area contributed by atoms with Gasteiger partial charge >= 0.3 is 0 Å². The Hall–Kier alpha value is -1.51. The number of aryl methyl sites for hydroxylation is 1. The normalized spacial score (nSPS) is 16.3. The van der Waals surface area contributed by atoms with E-state index in [1.165, 1.54) is 31.2 Å². The quantitative estimate of drug-likeness (QED) is 0.771. The van der Waals surface area contributed by atoms with Crippen LogP contribution in [0.25, 0.3) is 0 Å². The molecule has 1 aliphatic rings. The lowest BCUT2D eigenvalue weighted by atomic mass is 10.1. The van der Waals surface area contributed by atoms with Crippen molar-refractivity contribution in [2.45, 2.75) is 57.9 Å². The van der Waals surface area contributed by atoms with Crippen molar-refractivity contribution < 1.29 is 9.53 Å². The molecule has 3 heteroatoms. The highest BCUT2D eigenvalue weighted by Gasteiger charge is 2.21. The number of amides is 1. The molecule has 1 amide bonds. The maximum absolute atomic E-state index is 12.3. The summed E-state index contributed by atoms with van der Waals surface area (Å²) in [6.07, 6.45) is 8.37. The Morgan fingerprint density at radius 1 is 1.14 bits per heavy atom. The summed E-state index contributed by atoms with van der Waals surface area (Å²) < 4.78 is 5.62. The van der Waals surface area contributed by atoms with E-state index in [0.717, 1.165) is 25.0 Å². The van der Waals surface area contributed by atoms with Crippen LogP contribution in [0, 0.1) is 0 Å². The minimum absolute atomic E-state index is 0.0847. The lowest BCUT2D eigenvalue weighted by Gasteiger charge is -2.27. The maximum Gasteiger partial charge on any atom is 0.260 e. The van der Waals surface area contributed by atoms with Gasteiger partial charge in [-0.05, 0) is 37.0 Å². The third-order valence-corrected chi connectivity index (χ3v) is 4.46. The van der Waals surface area contributed by atoms with Crippen molar-refractivity contribution in [3.05, 3.63) is 29.8 Å². The average molecular weight is 289 g/mol. The first-order valence-electron chi connectivity index (χ1n) is 8.18. The van der Waals surface area contributed by atoms with Crippen LogP contribution in [0.1, 0.15) is 51.0 Å². The number of hydrogen-bond donors (Lipinski definition) is 0. The third kappa shape index (κ3) is 4.76. The molecule has 0 unspecified atom stereocenters. The first kappa shape index (κ1) is 15.9. The van der Waals surface area contributed by atoms with E-state index >= 15 is 0 Å². The number of carbonyl (C=O) groups excluding carboxylic acids is 1. The van der Waals surface area contributed by atoms with Crippen LogP contribution in [0.5, 0.6) is 5.75 Å². The second-order valence-corrected chi connectivity index (χ2v) is 5.94. The Balaban J connectivity index is 1.82. The molecule has 0 spiro atoms. The van der Waals surface area contributed by atoms with Crippen LogP contribution in [-0.2, 0) is 11.2 Å². The lowest BCUT2D eigenvalue weighted by Crippen LogP contribution is -2.39. The van der Waals surface area contributed by atoms with Crippen molar-refractivity contribution in [3.63, 3.8) is 0 Å². The van der Waals surface area contributed by atoms with Gasteiger partial charge in [0.05, 0.1) is 0 Å². The topological polar surface area (TPSA) is 29.5 Å². The second kappa shape index (κ2) is 8.06. The zero-order valence-corrected chi connectivity index (χ0v) is 13.3. The van der Waals surface area contributed by atoms with Gasteiger partial charge in [0.15, 0.2) is 6.61 Å². The molecular formula is C18H27NO2. The van der Waals surface area contributed by atoms with E-state index in [0.29, 0.717) is 6.04 Å². The fourth-order valence-electron chi connectivity index (χ4n) is 2.92. The van der Waals surface area contributed by atoms with E-state index in [1.54, 1.807) is 0 Å². The summed E-state index contributed by atoms with van der Waals surface area (Å²) in [6.45, 7) is 2.26. The first-order chi connectivity index (χ1) is 10.2. The molecule has 116 valence electrons. The molecule has 0 bridgehead atoms. The fraction of sp³-hybridized carbons (Fsp3) is 0.611. The fourth-order valence-corrected chi connectivity index (χ4v) is 2.92. The minimum Gasteiger partial charge on any atom is -0.484 e. The van der Waals surface area contributed by atoms with E-state index in [2.05, 4.69) is 19.1 Å². The Labute approximate surface area is 128 Å². The molecule has 0 aliphatic heterocycles. The van der Waals surface area contributed by atoms with Crippen LogP contribution in [0.15, 0.2) is 24.3 Å². The van der Waals surface area contributed by atoms with E-state index in [1.807, 2.05) is 24.1 Å². The number of likely N-dealkylation sites (N-methyl/N-ethyl adjacent to an activating group) is 1. The van der Waals surface area contributed by atoms with Crippen LogP contribution >= 0.6 is 0 Å². The van der Waals surface area contributed by atoms with Gasteiger partial charge in [0.25, 0.3) is 5.91 Å². The van der Waals surface area contributed by atoms with Gasteiger partial charge in [0.2, 0.25) is 0 Å². The Bertz CT molecular complexity index is 433. The Morgan fingerprint density at radius 2 is 1.76 bits per heavy atom. The smallest absolute Gasteiger partial charge is 0.260 e. The largest absolute Gasteiger partial charge is 0.484 e. The molecule has 1 aromatic rings. The summed E-state index contributed by atoms with van der Waals surface area (Å²) in [5, 5.41) is 0. The second-order valence-electron chi connectivity index (χ2n) is 5.94. The number of benzene rings is 1. The molecule has 0 radical (unpaired) electrons. The molecule has 1 saturated carbocycles. The zero-order chi connectivity index (χ0) is 15.1. The van der Waals surface area contributed by atoms with Crippen LogP contribution in [0.2, 0.25) is 0 Å². The van der Waals surface area contributed by atoms with Gasteiger partial charge < -0.3 is 9.64 Å². The van der Waals surface area contributed by atoms with Gasteiger partial charge in [-0.2, -0.15) is 0 Å². The molecular weight excluding hydrogens is 262 g/mol. The summed E-state index contributed by atoms with van der Waals surface area (Å²) >= 11 is 0. The molecule has 0 N–H and O–H groups in total. The SMILES string of the molecule is CCc1ccc(OCC(=O)N(C)C2CCCCCC2)cc1. The van der Waals surface area contributed by atoms with Gasteiger partial charge in [-0.15, -0.1) is 0 Å². The monoisotopic (exact) mass is 289 g/mol. The number of ether oxygens (including phenoxy) is 1. The molecule has 1 aliphatic carbocycles.